The third-order valence-corrected chi connectivity index (χ3v) is 3.36. The Hall–Kier alpha value is -1.85. The number of carboxylic acid groups (broad SMARTS) is 1. The van der Waals surface area contributed by atoms with Crippen molar-refractivity contribution < 1.29 is 9.90 Å². The van der Waals surface area contributed by atoms with Gasteiger partial charge in [-0.05, 0) is 6.42 Å². The van der Waals surface area contributed by atoms with E-state index in [1.165, 1.54) is 11.2 Å². The molecule has 2 aliphatic rings. The van der Waals surface area contributed by atoms with E-state index in [0.29, 0.717) is 6.54 Å². The van der Waals surface area contributed by atoms with Crippen LogP contribution in [0.15, 0.2) is 18.7 Å². The monoisotopic (exact) mass is 220 g/mol. The molecule has 2 bridgehead atoms. The van der Waals surface area contributed by atoms with E-state index in [4.69, 9.17) is 5.11 Å². The molecule has 2 aliphatic heterocycles. The van der Waals surface area contributed by atoms with Crippen LogP contribution in [0.25, 0.3) is 0 Å². The first-order valence-corrected chi connectivity index (χ1v) is 5.27. The molecular formula is C10H12N4O2. The average Bonchev–Trinajstić information content (AvgIpc) is 2.89. The maximum Gasteiger partial charge on any atom is 0.407 e. The van der Waals surface area contributed by atoms with E-state index in [0.717, 1.165) is 18.7 Å². The van der Waals surface area contributed by atoms with Crippen molar-refractivity contribution in [3.8, 4) is 0 Å². The van der Waals surface area contributed by atoms with Gasteiger partial charge in [0.15, 0.2) is 0 Å². The Morgan fingerprint density at radius 1 is 1.31 bits per heavy atom. The molecule has 1 amide bonds. The summed E-state index contributed by atoms with van der Waals surface area (Å²) >= 11 is 0. The SMILES string of the molecule is O=C(O)N1C[C@@H]2C[C@H]1CN2c1cncnc1. The highest BCUT2D eigenvalue weighted by Gasteiger charge is 2.45. The molecule has 84 valence electrons. The predicted molar refractivity (Wildman–Crippen MR) is 56.3 cm³/mol. The van der Waals surface area contributed by atoms with Gasteiger partial charge >= 0.3 is 6.09 Å². The molecule has 0 aromatic carbocycles. The molecule has 0 radical (unpaired) electrons. The van der Waals surface area contributed by atoms with Gasteiger partial charge in [0.1, 0.15) is 6.33 Å². The van der Waals surface area contributed by atoms with Crippen molar-refractivity contribution in [2.24, 2.45) is 0 Å². The fourth-order valence-corrected chi connectivity index (χ4v) is 2.66. The second-order valence-electron chi connectivity index (χ2n) is 4.23. The molecular weight excluding hydrogens is 208 g/mol. The van der Waals surface area contributed by atoms with Crippen LogP contribution in [0.4, 0.5) is 10.5 Å². The van der Waals surface area contributed by atoms with Crippen LogP contribution >= 0.6 is 0 Å². The summed E-state index contributed by atoms with van der Waals surface area (Å²) in [5.74, 6) is 0. The van der Waals surface area contributed by atoms with E-state index in [1.54, 1.807) is 12.4 Å². The van der Waals surface area contributed by atoms with Gasteiger partial charge < -0.3 is 14.9 Å². The summed E-state index contributed by atoms with van der Waals surface area (Å²) in [6.07, 6.45) is 5.16. The number of hydrogen-bond acceptors (Lipinski definition) is 4. The largest absolute Gasteiger partial charge is 0.465 e. The quantitative estimate of drug-likeness (QED) is 0.742. The lowest BCUT2D eigenvalue weighted by atomic mass is 10.2. The zero-order valence-corrected chi connectivity index (χ0v) is 8.65. The minimum absolute atomic E-state index is 0.128. The zero-order chi connectivity index (χ0) is 11.1. The molecule has 2 saturated heterocycles. The molecule has 6 nitrogen and oxygen atoms in total. The van der Waals surface area contributed by atoms with Crippen LogP contribution in [0, 0.1) is 0 Å². The van der Waals surface area contributed by atoms with Crippen molar-refractivity contribution in [3.05, 3.63) is 18.7 Å². The van der Waals surface area contributed by atoms with Crippen LogP contribution in [0.2, 0.25) is 0 Å². The van der Waals surface area contributed by atoms with Crippen molar-refractivity contribution in [3.63, 3.8) is 0 Å². The van der Waals surface area contributed by atoms with Crippen molar-refractivity contribution in [2.45, 2.75) is 18.5 Å². The van der Waals surface area contributed by atoms with Crippen LogP contribution in [0.5, 0.6) is 0 Å². The number of anilines is 1. The Labute approximate surface area is 92.5 Å². The average molecular weight is 220 g/mol. The summed E-state index contributed by atoms with van der Waals surface area (Å²) in [5.41, 5.74) is 0.986. The molecule has 1 N–H and O–H groups in total. The number of likely N-dealkylation sites (tertiary alicyclic amines) is 1. The van der Waals surface area contributed by atoms with Gasteiger partial charge in [-0.25, -0.2) is 14.8 Å². The number of amides is 1. The van der Waals surface area contributed by atoms with Crippen LogP contribution in [-0.4, -0.2) is 51.2 Å². The highest BCUT2D eigenvalue weighted by atomic mass is 16.4. The zero-order valence-electron chi connectivity index (χ0n) is 8.65. The maximum absolute atomic E-state index is 10.9. The topological polar surface area (TPSA) is 69.6 Å². The number of fused-ring (bicyclic) bond motifs is 2. The van der Waals surface area contributed by atoms with Crippen molar-refractivity contribution >= 4 is 11.8 Å². The standard InChI is InChI=1S/C10H12N4O2/c15-10(16)14-5-7-1-8(14)4-13(7)9-2-11-6-12-3-9/h2-3,6-8H,1,4-5H2,(H,15,16)/t7-,8-/m0/s1. The predicted octanol–water partition coefficient (Wildman–Crippen LogP) is 0.417. The summed E-state index contributed by atoms with van der Waals surface area (Å²) in [6, 6.07) is 0.412. The Morgan fingerprint density at radius 3 is 2.62 bits per heavy atom. The molecule has 6 heteroatoms. The molecule has 0 unspecified atom stereocenters. The molecule has 3 rings (SSSR count). The normalized spacial score (nSPS) is 27.5. The molecule has 3 heterocycles. The van der Waals surface area contributed by atoms with Crippen LogP contribution in [-0.2, 0) is 0 Å². The summed E-state index contributed by atoms with van der Waals surface area (Å²) < 4.78 is 0. The first-order chi connectivity index (χ1) is 7.75. The first kappa shape index (κ1) is 9.38. The van der Waals surface area contributed by atoms with Gasteiger partial charge in [0.05, 0.1) is 24.1 Å². The second kappa shape index (κ2) is 3.33. The van der Waals surface area contributed by atoms with E-state index in [2.05, 4.69) is 14.9 Å². The summed E-state index contributed by atoms with van der Waals surface area (Å²) in [7, 11) is 0. The lowest BCUT2D eigenvalue weighted by molar-refractivity contribution is 0.137. The highest BCUT2D eigenvalue weighted by Crippen LogP contribution is 2.33. The Balaban J connectivity index is 1.79. The van der Waals surface area contributed by atoms with Crippen molar-refractivity contribution in [1.82, 2.24) is 14.9 Å². The molecule has 1 aromatic rings. The second-order valence-corrected chi connectivity index (χ2v) is 4.23. The molecule has 0 saturated carbocycles. The highest BCUT2D eigenvalue weighted by molar-refractivity contribution is 5.67. The molecule has 0 spiro atoms. The number of nitrogens with zero attached hydrogens (tertiary/aromatic N) is 4. The fraction of sp³-hybridized carbons (Fsp3) is 0.500. The molecule has 0 aliphatic carbocycles. The first-order valence-electron chi connectivity index (χ1n) is 5.27. The van der Waals surface area contributed by atoms with Gasteiger partial charge in [-0.2, -0.15) is 0 Å². The Kier molecular flexibility index (Phi) is 1.95. The van der Waals surface area contributed by atoms with E-state index >= 15 is 0 Å². The van der Waals surface area contributed by atoms with Gasteiger partial charge in [-0.1, -0.05) is 0 Å². The number of piperazine rings is 1. The van der Waals surface area contributed by atoms with Gasteiger partial charge in [0, 0.05) is 19.1 Å². The third-order valence-electron chi connectivity index (χ3n) is 3.36. The number of carbonyl (C=O) groups is 1. The minimum atomic E-state index is -0.809. The number of rotatable bonds is 1. The van der Waals surface area contributed by atoms with Crippen LogP contribution < -0.4 is 4.90 Å². The molecule has 1 aromatic heterocycles. The number of hydrogen-bond donors (Lipinski definition) is 1. The minimum Gasteiger partial charge on any atom is -0.465 e. The van der Waals surface area contributed by atoms with Gasteiger partial charge in [0.25, 0.3) is 0 Å². The van der Waals surface area contributed by atoms with Crippen molar-refractivity contribution in [1.29, 1.82) is 0 Å². The smallest absolute Gasteiger partial charge is 0.407 e. The molecule has 2 fully saturated rings. The van der Waals surface area contributed by atoms with E-state index < -0.39 is 6.09 Å². The van der Waals surface area contributed by atoms with Crippen molar-refractivity contribution in [2.75, 3.05) is 18.0 Å². The van der Waals surface area contributed by atoms with Gasteiger partial charge in [-0.15, -0.1) is 0 Å². The molecule has 2 atom stereocenters. The van der Waals surface area contributed by atoms with E-state index in [1.807, 2.05) is 0 Å². The molecule has 16 heavy (non-hydrogen) atoms. The number of aromatic nitrogens is 2. The maximum atomic E-state index is 10.9. The summed E-state index contributed by atoms with van der Waals surface area (Å²) in [6.45, 7) is 1.35. The third kappa shape index (κ3) is 1.30. The van der Waals surface area contributed by atoms with E-state index in [-0.39, 0.29) is 12.1 Å². The Bertz CT molecular complexity index is 411. The van der Waals surface area contributed by atoms with Crippen LogP contribution in [0.1, 0.15) is 6.42 Å². The van der Waals surface area contributed by atoms with Gasteiger partial charge in [0.2, 0.25) is 0 Å². The lowest BCUT2D eigenvalue weighted by Crippen LogP contribution is -2.48. The summed E-state index contributed by atoms with van der Waals surface area (Å²) in [4.78, 5) is 22.6. The summed E-state index contributed by atoms with van der Waals surface area (Å²) in [5, 5.41) is 8.97. The Morgan fingerprint density at radius 2 is 2.06 bits per heavy atom. The fourth-order valence-electron chi connectivity index (χ4n) is 2.66. The van der Waals surface area contributed by atoms with Crippen LogP contribution in [0.3, 0.4) is 0 Å². The van der Waals surface area contributed by atoms with E-state index in [9.17, 15) is 4.79 Å². The van der Waals surface area contributed by atoms with Gasteiger partial charge in [-0.3, -0.25) is 0 Å². The lowest BCUT2D eigenvalue weighted by Gasteiger charge is -2.33.